The van der Waals surface area contributed by atoms with Crippen molar-refractivity contribution in [3.63, 3.8) is 0 Å². The van der Waals surface area contributed by atoms with E-state index in [9.17, 15) is 4.79 Å². The van der Waals surface area contributed by atoms with Crippen molar-refractivity contribution in [3.05, 3.63) is 34.9 Å². The summed E-state index contributed by atoms with van der Waals surface area (Å²) in [7, 11) is 0. The minimum Gasteiger partial charge on any atom is -0.338 e. The molecular formula is C14H21ClN2O. The van der Waals surface area contributed by atoms with Crippen molar-refractivity contribution < 1.29 is 4.79 Å². The van der Waals surface area contributed by atoms with Gasteiger partial charge in [-0.1, -0.05) is 30.7 Å². The molecule has 0 heterocycles. The van der Waals surface area contributed by atoms with Gasteiger partial charge >= 0.3 is 6.03 Å². The number of carbonyl (C=O) groups is 1. The van der Waals surface area contributed by atoms with Crippen molar-refractivity contribution in [2.45, 2.75) is 32.6 Å². The van der Waals surface area contributed by atoms with Crippen LogP contribution in [-0.2, 0) is 6.42 Å². The quantitative estimate of drug-likeness (QED) is 0.732. The zero-order valence-electron chi connectivity index (χ0n) is 10.8. The predicted molar refractivity (Wildman–Crippen MR) is 76.1 cm³/mol. The van der Waals surface area contributed by atoms with E-state index in [-0.39, 0.29) is 6.03 Å². The number of amides is 2. The second kappa shape index (κ2) is 8.81. The highest BCUT2D eigenvalue weighted by Gasteiger charge is 1.98. The third-order valence-corrected chi connectivity index (χ3v) is 2.88. The lowest BCUT2D eigenvalue weighted by Gasteiger charge is -2.06. The van der Waals surface area contributed by atoms with Crippen LogP contribution in [0.1, 0.15) is 31.7 Å². The Morgan fingerprint density at radius 2 is 1.78 bits per heavy atom. The van der Waals surface area contributed by atoms with E-state index in [0.29, 0.717) is 0 Å². The van der Waals surface area contributed by atoms with Crippen LogP contribution in [0.2, 0.25) is 5.02 Å². The summed E-state index contributed by atoms with van der Waals surface area (Å²) in [5.41, 5.74) is 1.29. The van der Waals surface area contributed by atoms with Crippen molar-refractivity contribution in [2.24, 2.45) is 0 Å². The van der Waals surface area contributed by atoms with Crippen LogP contribution >= 0.6 is 11.6 Å². The Kier molecular flexibility index (Phi) is 7.26. The van der Waals surface area contributed by atoms with E-state index in [0.717, 1.165) is 43.8 Å². The number of hydrogen-bond donors (Lipinski definition) is 2. The molecule has 0 fully saturated rings. The molecular weight excluding hydrogens is 248 g/mol. The number of rotatable bonds is 7. The van der Waals surface area contributed by atoms with Crippen LogP contribution in [0.5, 0.6) is 0 Å². The Morgan fingerprint density at radius 3 is 2.44 bits per heavy atom. The minimum atomic E-state index is -0.0663. The molecule has 0 aromatic heterocycles. The highest BCUT2D eigenvalue weighted by molar-refractivity contribution is 6.30. The summed E-state index contributed by atoms with van der Waals surface area (Å²) < 4.78 is 0. The van der Waals surface area contributed by atoms with Crippen molar-refractivity contribution in [1.82, 2.24) is 10.6 Å². The fourth-order valence-electron chi connectivity index (χ4n) is 1.61. The van der Waals surface area contributed by atoms with Gasteiger partial charge in [-0.05, 0) is 43.4 Å². The van der Waals surface area contributed by atoms with Gasteiger partial charge in [0.25, 0.3) is 0 Å². The van der Waals surface area contributed by atoms with Gasteiger partial charge in [-0.25, -0.2) is 4.79 Å². The van der Waals surface area contributed by atoms with Crippen LogP contribution in [0.4, 0.5) is 4.79 Å². The summed E-state index contributed by atoms with van der Waals surface area (Å²) in [4.78, 5) is 11.2. The SMILES string of the molecule is CCCNC(=O)NCCCCc1ccc(Cl)cc1. The van der Waals surface area contributed by atoms with E-state index >= 15 is 0 Å². The Hall–Kier alpha value is -1.22. The Balaban J connectivity index is 2.05. The smallest absolute Gasteiger partial charge is 0.314 e. The standard InChI is InChI=1S/C14H21ClN2O/c1-2-10-16-14(18)17-11-4-3-5-12-6-8-13(15)9-7-12/h6-9H,2-5,10-11H2,1H3,(H2,16,17,18). The van der Waals surface area contributed by atoms with E-state index in [1.54, 1.807) is 0 Å². The lowest BCUT2D eigenvalue weighted by atomic mass is 10.1. The first kappa shape index (κ1) is 14.8. The number of benzene rings is 1. The number of nitrogens with one attached hydrogen (secondary N) is 2. The number of unbranched alkanes of at least 4 members (excludes halogenated alkanes) is 1. The Morgan fingerprint density at radius 1 is 1.11 bits per heavy atom. The summed E-state index contributed by atoms with van der Waals surface area (Å²) in [6.45, 7) is 3.49. The molecule has 0 saturated heterocycles. The third kappa shape index (κ3) is 6.50. The molecule has 18 heavy (non-hydrogen) atoms. The van der Waals surface area contributed by atoms with Crippen LogP contribution in [0.25, 0.3) is 0 Å². The summed E-state index contributed by atoms with van der Waals surface area (Å²) in [5, 5.41) is 6.40. The molecule has 3 nitrogen and oxygen atoms in total. The average molecular weight is 269 g/mol. The van der Waals surface area contributed by atoms with Gasteiger partial charge in [-0.15, -0.1) is 0 Å². The second-order valence-corrected chi connectivity index (χ2v) is 4.70. The number of aryl methyl sites for hydroxylation is 1. The molecule has 0 unspecified atom stereocenters. The second-order valence-electron chi connectivity index (χ2n) is 4.27. The van der Waals surface area contributed by atoms with Crippen LogP contribution in [0, 0.1) is 0 Å². The maximum absolute atomic E-state index is 11.2. The molecule has 0 radical (unpaired) electrons. The summed E-state index contributed by atoms with van der Waals surface area (Å²) >= 11 is 5.82. The van der Waals surface area contributed by atoms with Gasteiger partial charge < -0.3 is 10.6 Å². The maximum Gasteiger partial charge on any atom is 0.314 e. The molecule has 4 heteroatoms. The molecule has 0 bridgehead atoms. The lowest BCUT2D eigenvalue weighted by Crippen LogP contribution is -2.36. The summed E-state index contributed by atoms with van der Waals surface area (Å²) in [5.74, 6) is 0. The zero-order chi connectivity index (χ0) is 13.2. The van der Waals surface area contributed by atoms with Crippen LogP contribution < -0.4 is 10.6 Å². The van der Waals surface area contributed by atoms with Crippen molar-refractivity contribution in [1.29, 1.82) is 0 Å². The van der Waals surface area contributed by atoms with Crippen molar-refractivity contribution in [3.8, 4) is 0 Å². The molecule has 1 rings (SSSR count). The van der Waals surface area contributed by atoms with Crippen LogP contribution in [0.3, 0.4) is 0 Å². The van der Waals surface area contributed by atoms with E-state index in [1.165, 1.54) is 5.56 Å². The van der Waals surface area contributed by atoms with Crippen LogP contribution in [-0.4, -0.2) is 19.1 Å². The van der Waals surface area contributed by atoms with Crippen LogP contribution in [0.15, 0.2) is 24.3 Å². The molecule has 0 aliphatic carbocycles. The molecule has 100 valence electrons. The molecule has 2 amide bonds. The molecule has 0 saturated carbocycles. The molecule has 1 aromatic rings. The highest BCUT2D eigenvalue weighted by Crippen LogP contribution is 2.11. The van der Waals surface area contributed by atoms with Gasteiger partial charge in [0.1, 0.15) is 0 Å². The lowest BCUT2D eigenvalue weighted by molar-refractivity contribution is 0.240. The number of carbonyl (C=O) groups excluding carboxylic acids is 1. The van der Waals surface area contributed by atoms with E-state index in [1.807, 2.05) is 31.2 Å². The van der Waals surface area contributed by atoms with Gasteiger partial charge in [0.05, 0.1) is 0 Å². The Labute approximate surface area is 114 Å². The third-order valence-electron chi connectivity index (χ3n) is 2.63. The number of halogens is 1. The number of urea groups is 1. The normalized spacial score (nSPS) is 10.1. The monoisotopic (exact) mass is 268 g/mol. The zero-order valence-corrected chi connectivity index (χ0v) is 11.6. The van der Waals surface area contributed by atoms with E-state index in [4.69, 9.17) is 11.6 Å². The molecule has 0 aliphatic rings. The van der Waals surface area contributed by atoms with Gasteiger partial charge in [-0.3, -0.25) is 0 Å². The van der Waals surface area contributed by atoms with E-state index < -0.39 is 0 Å². The Bertz CT molecular complexity index is 351. The predicted octanol–water partition coefficient (Wildman–Crippen LogP) is 3.37. The molecule has 0 aliphatic heterocycles. The van der Waals surface area contributed by atoms with E-state index in [2.05, 4.69) is 10.6 Å². The van der Waals surface area contributed by atoms with Gasteiger partial charge in [0, 0.05) is 18.1 Å². The average Bonchev–Trinajstić information content (AvgIpc) is 2.38. The largest absolute Gasteiger partial charge is 0.338 e. The molecule has 2 N–H and O–H groups in total. The first-order valence-electron chi connectivity index (χ1n) is 6.48. The van der Waals surface area contributed by atoms with Crippen molar-refractivity contribution >= 4 is 17.6 Å². The first-order chi connectivity index (χ1) is 8.72. The van der Waals surface area contributed by atoms with Gasteiger partial charge in [-0.2, -0.15) is 0 Å². The minimum absolute atomic E-state index is 0.0663. The molecule has 1 aromatic carbocycles. The van der Waals surface area contributed by atoms with Crippen molar-refractivity contribution in [2.75, 3.05) is 13.1 Å². The number of hydrogen-bond acceptors (Lipinski definition) is 1. The molecule has 0 spiro atoms. The van der Waals surface area contributed by atoms with Gasteiger partial charge in [0.15, 0.2) is 0 Å². The topological polar surface area (TPSA) is 41.1 Å². The highest BCUT2D eigenvalue weighted by atomic mass is 35.5. The van der Waals surface area contributed by atoms with Gasteiger partial charge in [0.2, 0.25) is 0 Å². The summed E-state index contributed by atoms with van der Waals surface area (Å²) in [6.07, 6.45) is 4.04. The first-order valence-corrected chi connectivity index (χ1v) is 6.86. The maximum atomic E-state index is 11.2. The fourth-order valence-corrected chi connectivity index (χ4v) is 1.73. The summed E-state index contributed by atoms with van der Waals surface area (Å²) in [6, 6.07) is 7.84. The fraction of sp³-hybridized carbons (Fsp3) is 0.500. The molecule has 0 atom stereocenters.